The van der Waals surface area contributed by atoms with Crippen molar-refractivity contribution in [2.45, 2.75) is 102 Å². The van der Waals surface area contributed by atoms with Crippen LogP contribution in [0.25, 0.3) is 0 Å². The van der Waals surface area contributed by atoms with Gasteiger partial charge in [-0.2, -0.15) is 0 Å². The zero-order chi connectivity index (χ0) is 28.7. The number of nitrogens with one attached hydrogen (secondary N) is 2. The Morgan fingerprint density at radius 2 is 1.36 bits per heavy atom. The number of hydrogen-bond donors (Lipinski definition) is 2. The maximum Gasteiger partial charge on any atom is 0.250 e. The summed E-state index contributed by atoms with van der Waals surface area (Å²) in [6.45, 7) is 5.19. The maximum atomic E-state index is 12.9. The van der Waals surface area contributed by atoms with Crippen LogP contribution in [0.1, 0.15) is 90.5 Å². The van der Waals surface area contributed by atoms with E-state index >= 15 is 0 Å². The first-order valence-corrected chi connectivity index (χ1v) is 16.1. The van der Waals surface area contributed by atoms with E-state index in [-0.39, 0.29) is 11.4 Å². The number of amides is 1. The summed E-state index contributed by atoms with van der Waals surface area (Å²) < 4.78 is 28.2. The number of anilines is 1. The molecule has 2 rings (SSSR count). The maximum absolute atomic E-state index is 12.9. The van der Waals surface area contributed by atoms with Crippen molar-refractivity contribution in [3.05, 3.63) is 60.2 Å². The number of rotatable bonds is 19. The van der Waals surface area contributed by atoms with Gasteiger partial charge in [0.2, 0.25) is 15.9 Å². The fourth-order valence-electron chi connectivity index (χ4n) is 4.29. The van der Waals surface area contributed by atoms with Crippen LogP contribution in [0, 0.1) is 5.41 Å². The molecule has 8 heteroatoms. The van der Waals surface area contributed by atoms with Gasteiger partial charge < -0.3 is 5.32 Å². The Labute approximate surface area is 240 Å². The van der Waals surface area contributed by atoms with Gasteiger partial charge in [0.1, 0.15) is 0 Å². The van der Waals surface area contributed by atoms with E-state index in [1.165, 1.54) is 57.8 Å². The van der Waals surface area contributed by atoms with E-state index in [2.05, 4.69) is 17.0 Å². The van der Waals surface area contributed by atoms with Crippen LogP contribution in [-0.2, 0) is 26.0 Å². The van der Waals surface area contributed by atoms with Gasteiger partial charge in [-0.15, -0.1) is 11.6 Å². The molecule has 2 N–H and O–H groups in total. The summed E-state index contributed by atoms with van der Waals surface area (Å²) >= 11 is 6.16. The Balaban J connectivity index is 1.77. The van der Waals surface area contributed by atoms with Gasteiger partial charge in [0.25, 0.3) is 0 Å². The quantitative estimate of drug-likeness (QED) is 0.104. The second kappa shape index (κ2) is 16.8. The first kappa shape index (κ1) is 33.0. The molecule has 1 atom stereocenters. The van der Waals surface area contributed by atoms with Crippen LogP contribution >= 0.6 is 11.6 Å². The highest BCUT2D eigenvalue weighted by Crippen LogP contribution is 2.23. The molecular formula is C31H45ClN2O4S. The molecule has 1 unspecified atom stereocenters. The molecule has 0 radical (unpaired) electrons. The van der Waals surface area contributed by atoms with Crippen LogP contribution in [0.4, 0.5) is 5.69 Å². The van der Waals surface area contributed by atoms with E-state index < -0.39 is 32.5 Å². The van der Waals surface area contributed by atoms with Gasteiger partial charge in [-0.25, -0.2) is 13.1 Å². The predicted molar refractivity (Wildman–Crippen MR) is 161 cm³/mol. The van der Waals surface area contributed by atoms with Crippen LogP contribution in [0.3, 0.4) is 0 Å². The van der Waals surface area contributed by atoms with Crippen molar-refractivity contribution in [2.24, 2.45) is 5.41 Å². The number of ketones is 1. The number of hydrogen-bond acceptors (Lipinski definition) is 4. The molecule has 0 spiro atoms. The fourth-order valence-corrected chi connectivity index (χ4v) is 5.85. The van der Waals surface area contributed by atoms with Crippen molar-refractivity contribution in [3.63, 3.8) is 0 Å². The third-order valence-electron chi connectivity index (χ3n) is 6.93. The summed E-state index contributed by atoms with van der Waals surface area (Å²) in [6.07, 6.45) is 13.7. The van der Waals surface area contributed by atoms with Gasteiger partial charge >= 0.3 is 0 Å². The highest BCUT2D eigenvalue weighted by atomic mass is 35.5. The average Bonchev–Trinajstić information content (AvgIpc) is 2.93. The van der Waals surface area contributed by atoms with E-state index in [1.54, 1.807) is 56.3 Å². The number of unbranched alkanes of at least 4 members (excludes halogenated alkanes) is 9. The lowest BCUT2D eigenvalue weighted by molar-refractivity contribution is -0.130. The third kappa shape index (κ3) is 11.8. The fraction of sp³-hybridized carbons (Fsp3) is 0.548. The first-order valence-electron chi connectivity index (χ1n) is 14.2. The van der Waals surface area contributed by atoms with Crippen molar-refractivity contribution < 1.29 is 18.0 Å². The van der Waals surface area contributed by atoms with Crippen molar-refractivity contribution in [3.8, 4) is 0 Å². The molecular weight excluding hydrogens is 532 g/mol. The zero-order valence-corrected chi connectivity index (χ0v) is 25.3. The molecule has 1 amide bonds. The van der Waals surface area contributed by atoms with Crippen LogP contribution in [0.2, 0.25) is 0 Å². The smallest absolute Gasteiger partial charge is 0.250 e. The Morgan fingerprint density at radius 3 is 1.92 bits per heavy atom. The summed E-state index contributed by atoms with van der Waals surface area (Å²) in [4.78, 5) is 25.5. The second-order valence-corrected chi connectivity index (χ2v) is 13.1. The summed E-state index contributed by atoms with van der Waals surface area (Å²) in [6, 6.07) is 15.6. The lowest BCUT2D eigenvalue weighted by Gasteiger charge is -2.25. The number of aryl methyl sites for hydroxylation is 1. The molecule has 0 fully saturated rings. The molecule has 0 aliphatic heterocycles. The molecule has 0 aliphatic carbocycles. The van der Waals surface area contributed by atoms with Crippen molar-refractivity contribution in [1.29, 1.82) is 0 Å². The van der Waals surface area contributed by atoms with Crippen molar-refractivity contribution >= 4 is 39.0 Å². The molecule has 0 aliphatic rings. The van der Waals surface area contributed by atoms with Crippen molar-refractivity contribution in [2.75, 3.05) is 11.9 Å². The summed E-state index contributed by atoms with van der Waals surface area (Å²) in [5.74, 6) is -1.21. The number of alkyl halides is 1. The second-order valence-electron chi connectivity index (χ2n) is 10.9. The minimum atomic E-state index is -3.83. The van der Waals surface area contributed by atoms with Gasteiger partial charge in [0.15, 0.2) is 11.2 Å². The third-order valence-corrected chi connectivity index (χ3v) is 8.74. The molecule has 0 saturated carbocycles. The average molecular weight is 577 g/mol. The van der Waals surface area contributed by atoms with Crippen LogP contribution in [0.15, 0.2) is 59.5 Å². The first-order chi connectivity index (χ1) is 18.6. The highest BCUT2D eigenvalue weighted by molar-refractivity contribution is 7.89. The van der Waals surface area contributed by atoms with E-state index in [0.29, 0.717) is 5.69 Å². The van der Waals surface area contributed by atoms with Crippen molar-refractivity contribution in [1.82, 2.24) is 4.72 Å². The predicted octanol–water partition coefficient (Wildman–Crippen LogP) is 7.27. The zero-order valence-electron chi connectivity index (χ0n) is 23.7. The number of sulfonamides is 1. The Bertz CT molecular complexity index is 1120. The lowest BCUT2D eigenvalue weighted by Crippen LogP contribution is -2.45. The van der Waals surface area contributed by atoms with Crippen LogP contribution in [-0.4, -0.2) is 32.0 Å². The normalized spacial score (nSPS) is 12.7. The number of Topliss-reactive ketones (excluding diaryl/α,β-unsaturated/α-hetero) is 1. The van der Waals surface area contributed by atoms with Gasteiger partial charge in [0.05, 0.1) is 4.90 Å². The molecule has 39 heavy (non-hydrogen) atoms. The highest BCUT2D eigenvalue weighted by Gasteiger charge is 2.37. The standard InChI is InChI=1S/C31H45ClN2O4S/c1-4-5-6-7-8-9-10-11-12-14-17-25-20-22-27(23-21-25)39(37,38)33-24-31(2,3)29(35)28(32)30(36)34-26-18-15-13-16-19-26/h13,15-16,18-23,28,33H,4-12,14,17,24H2,1-3H3,(H,34,36). The van der Waals surface area contributed by atoms with Gasteiger partial charge in [-0.05, 0) is 42.7 Å². The largest absolute Gasteiger partial charge is 0.324 e. The number of halogens is 1. The SMILES string of the molecule is CCCCCCCCCCCCc1ccc(S(=O)(=O)NCC(C)(C)C(=O)C(Cl)C(=O)Nc2ccccc2)cc1. The topological polar surface area (TPSA) is 92.3 Å². The summed E-state index contributed by atoms with van der Waals surface area (Å²) in [5, 5.41) is 1.15. The molecule has 2 aromatic carbocycles. The molecule has 2 aromatic rings. The summed E-state index contributed by atoms with van der Waals surface area (Å²) in [7, 11) is -3.83. The minimum absolute atomic E-state index is 0.141. The summed E-state index contributed by atoms with van der Waals surface area (Å²) in [5.41, 5.74) is 0.442. The van der Waals surface area contributed by atoms with E-state index in [0.717, 1.165) is 18.4 Å². The molecule has 0 saturated heterocycles. The molecule has 0 heterocycles. The van der Waals surface area contributed by atoms with Gasteiger partial charge in [-0.3, -0.25) is 9.59 Å². The minimum Gasteiger partial charge on any atom is -0.324 e. The lowest BCUT2D eigenvalue weighted by atomic mass is 9.86. The van der Waals surface area contributed by atoms with Crippen LogP contribution in [0.5, 0.6) is 0 Å². The van der Waals surface area contributed by atoms with E-state index in [1.807, 2.05) is 12.1 Å². The van der Waals surface area contributed by atoms with E-state index in [4.69, 9.17) is 11.6 Å². The monoisotopic (exact) mass is 576 g/mol. The molecule has 0 bridgehead atoms. The Kier molecular flexibility index (Phi) is 14.2. The molecule has 0 aromatic heterocycles. The molecule has 6 nitrogen and oxygen atoms in total. The van der Waals surface area contributed by atoms with Gasteiger partial charge in [0, 0.05) is 17.6 Å². The number of benzene rings is 2. The molecule has 216 valence electrons. The Morgan fingerprint density at radius 1 is 0.821 bits per heavy atom. The van der Waals surface area contributed by atoms with Crippen LogP contribution < -0.4 is 10.0 Å². The Hall–Kier alpha value is -2.22. The number of carbonyl (C=O) groups excluding carboxylic acids is 2. The van der Waals surface area contributed by atoms with E-state index in [9.17, 15) is 18.0 Å². The number of para-hydroxylation sites is 1. The number of carbonyl (C=O) groups is 2. The van der Waals surface area contributed by atoms with Gasteiger partial charge in [-0.1, -0.05) is 109 Å².